The van der Waals surface area contributed by atoms with Crippen molar-refractivity contribution in [1.29, 1.82) is 0 Å². The van der Waals surface area contributed by atoms with Crippen molar-refractivity contribution >= 4 is 11.6 Å². The maximum Gasteiger partial charge on any atom is 0.271 e. The monoisotopic (exact) mass is 279 g/mol. The van der Waals surface area contributed by atoms with Gasteiger partial charge in [-0.25, -0.2) is 0 Å². The van der Waals surface area contributed by atoms with Crippen LogP contribution in [0.3, 0.4) is 0 Å². The van der Waals surface area contributed by atoms with Gasteiger partial charge >= 0.3 is 0 Å². The number of aryl methyl sites for hydroxylation is 2. The maximum atomic E-state index is 12.2. The second kappa shape index (κ2) is 6.26. The number of carbonyl (C=O) groups is 1. The van der Waals surface area contributed by atoms with E-state index in [2.05, 4.69) is 22.2 Å². The van der Waals surface area contributed by atoms with Crippen LogP contribution in [-0.4, -0.2) is 46.3 Å². The lowest BCUT2D eigenvalue weighted by atomic mass is 10.1. The van der Waals surface area contributed by atoms with Crippen molar-refractivity contribution in [3.8, 4) is 0 Å². The van der Waals surface area contributed by atoms with E-state index in [1.807, 2.05) is 6.92 Å². The number of likely N-dealkylation sites (tertiary alicyclic amines) is 1. The molecule has 2 heterocycles. The molecule has 1 fully saturated rings. The predicted molar refractivity (Wildman–Crippen MR) is 79.6 cm³/mol. The fraction of sp³-hybridized carbons (Fsp3) is 0.714. The second-order valence-electron chi connectivity index (χ2n) is 5.63. The molecule has 1 aliphatic rings. The molecule has 1 saturated heterocycles. The highest BCUT2D eigenvalue weighted by Gasteiger charge is 2.20. The summed E-state index contributed by atoms with van der Waals surface area (Å²) in [6.07, 6.45) is 3.83. The summed E-state index contributed by atoms with van der Waals surface area (Å²) in [5, 5.41) is 7.14. The highest BCUT2D eigenvalue weighted by Crippen LogP contribution is 2.15. The number of piperidine rings is 1. The molecule has 1 aromatic rings. The van der Waals surface area contributed by atoms with Crippen LogP contribution in [-0.2, 0) is 7.05 Å². The molecule has 20 heavy (non-hydrogen) atoms. The Morgan fingerprint density at radius 2 is 2.05 bits per heavy atom. The molecule has 0 aliphatic carbocycles. The van der Waals surface area contributed by atoms with Gasteiger partial charge in [-0.2, -0.15) is 5.10 Å². The van der Waals surface area contributed by atoms with E-state index in [9.17, 15) is 4.79 Å². The van der Waals surface area contributed by atoms with Crippen molar-refractivity contribution < 1.29 is 4.79 Å². The number of hydrogen-bond acceptors (Lipinski definition) is 4. The summed E-state index contributed by atoms with van der Waals surface area (Å²) in [7, 11) is 1.74. The first-order valence-electron chi connectivity index (χ1n) is 7.32. The number of nitrogens with two attached hydrogens (primary N) is 1. The lowest BCUT2D eigenvalue weighted by Crippen LogP contribution is -2.44. The fourth-order valence-electron chi connectivity index (χ4n) is 2.76. The lowest BCUT2D eigenvalue weighted by molar-refractivity contribution is 0.0921. The highest BCUT2D eigenvalue weighted by atomic mass is 16.2. The molecule has 6 nitrogen and oxygen atoms in total. The number of rotatable bonds is 4. The van der Waals surface area contributed by atoms with Crippen molar-refractivity contribution in [2.75, 3.05) is 25.4 Å². The Kier molecular flexibility index (Phi) is 4.65. The number of nitrogens with one attached hydrogen (secondary N) is 1. The van der Waals surface area contributed by atoms with Gasteiger partial charge in [0.05, 0.1) is 11.4 Å². The molecule has 0 bridgehead atoms. The van der Waals surface area contributed by atoms with Crippen LogP contribution in [0.4, 0.5) is 5.69 Å². The molecule has 1 unspecified atom stereocenters. The molecule has 0 spiro atoms. The van der Waals surface area contributed by atoms with E-state index in [0.717, 1.165) is 13.1 Å². The fourth-order valence-corrected chi connectivity index (χ4v) is 2.76. The molecule has 6 heteroatoms. The Balaban J connectivity index is 1.91. The van der Waals surface area contributed by atoms with E-state index in [1.54, 1.807) is 11.7 Å². The molecule has 112 valence electrons. The first kappa shape index (κ1) is 14.8. The van der Waals surface area contributed by atoms with Crippen LogP contribution in [0, 0.1) is 6.92 Å². The molecule has 1 amide bonds. The van der Waals surface area contributed by atoms with Gasteiger partial charge in [0.1, 0.15) is 5.69 Å². The SMILES string of the molecule is Cc1nn(C)c(C(=O)NCC(C)N2CCCCC2)c1N. The minimum absolute atomic E-state index is 0.144. The van der Waals surface area contributed by atoms with Gasteiger partial charge in [-0.1, -0.05) is 6.42 Å². The van der Waals surface area contributed by atoms with Crippen LogP contribution < -0.4 is 11.1 Å². The van der Waals surface area contributed by atoms with Crippen molar-refractivity contribution in [1.82, 2.24) is 20.0 Å². The van der Waals surface area contributed by atoms with E-state index in [1.165, 1.54) is 19.3 Å². The standard InChI is InChI=1S/C14H25N5O/c1-10(19-7-5-4-6-8-19)9-16-14(20)13-12(15)11(2)17-18(13)3/h10H,4-9,15H2,1-3H3,(H,16,20). The minimum atomic E-state index is -0.144. The molecular formula is C14H25N5O. The van der Waals surface area contributed by atoms with Gasteiger partial charge in [-0.05, 0) is 39.8 Å². The van der Waals surface area contributed by atoms with Crippen LogP contribution in [0.5, 0.6) is 0 Å². The molecule has 1 aromatic heterocycles. The lowest BCUT2D eigenvalue weighted by Gasteiger charge is -2.32. The van der Waals surface area contributed by atoms with Crippen LogP contribution in [0.15, 0.2) is 0 Å². The van der Waals surface area contributed by atoms with Crippen molar-refractivity contribution in [3.05, 3.63) is 11.4 Å². The van der Waals surface area contributed by atoms with Crippen molar-refractivity contribution in [3.63, 3.8) is 0 Å². The molecule has 1 atom stereocenters. The molecular weight excluding hydrogens is 254 g/mol. The Morgan fingerprint density at radius 1 is 1.40 bits per heavy atom. The van der Waals surface area contributed by atoms with Gasteiger partial charge in [-0.15, -0.1) is 0 Å². The second-order valence-corrected chi connectivity index (χ2v) is 5.63. The summed E-state index contributed by atoms with van der Waals surface area (Å²) in [4.78, 5) is 14.6. The van der Waals surface area contributed by atoms with Crippen LogP contribution in [0.25, 0.3) is 0 Å². The number of aromatic nitrogens is 2. The molecule has 2 rings (SSSR count). The summed E-state index contributed by atoms with van der Waals surface area (Å²) in [6, 6.07) is 0.356. The smallest absolute Gasteiger partial charge is 0.271 e. The number of hydrogen-bond donors (Lipinski definition) is 2. The topological polar surface area (TPSA) is 76.2 Å². The summed E-state index contributed by atoms with van der Waals surface area (Å²) in [5.74, 6) is -0.144. The third kappa shape index (κ3) is 3.12. The van der Waals surface area contributed by atoms with E-state index in [0.29, 0.717) is 29.7 Å². The molecule has 3 N–H and O–H groups in total. The molecule has 0 radical (unpaired) electrons. The van der Waals surface area contributed by atoms with Crippen LogP contribution >= 0.6 is 0 Å². The molecule has 0 saturated carbocycles. The highest BCUT2D eigenvalue weighted by molar-refractivity contribution is 5.97. The zero-order chi connectivity index (χ0) is 14.7. The number of carbonyl (C=O) groups excluding carboxylic acids is 1. The zero-order valence-corrected chi connectivity index (χ0v) is 12.6. The first-order chi connectivity index (χ1) is 9.50. The quantitative estimate of drug-likeness (QED) is 0.859. The number of anilines is 1. The summed E-state index contributed by atoms with van der Waals surface area (Å²) in [6.45, 7) is 6.86. The van der Waals surface area contributed by atoms with E-state index in [-0.39, 0.29) is 5.91 Å². The van der Waals surface area contributed by atoms with Gasteiger partial charge in [0.15, 0.2) is 0 Å². The third-order valence-electron chi connectivity index (χ3n) is 4.06. The van der Waals surface area contributed by atoms with Gasteiger partial charge in [0.25, 0.3) is 5.91 Å². The largest absolute Gasteiger partial charge is 0.395 e. The predicted octanol–water partition coefficient (Wildman–Crippen LogP) is 0.915. The third-order valence-corrected chi connectivity index (χ3v) is 4.06. The van der Waals surface area contributed by atoms with Gasteiger partial charge in [0, 0.05) is 19.6 Å². The first-order valence-corrected chi connectivity index (χ1v) is 7.32. The number of amides is 1. The summed E-state index contributed by atoms with van der Waals surface area (Å²) >= 11 is 0. The van der Waals surface area contributed by atoms with Gasteiger partial charge < -0.3 is 11.1 Å². The Morgan fingerprint density at radius 3 is 2.60 bits per heavy atom. The van der Waals surface area contributed by atoms with E-state index < -0.39 is 0 Å². The summed E-state index contributed by atoms with van der Waals surface area (Å²) in [5.41, 5.74) is 7.52. The number of nitrogens with zero attached hydrogens (tertiary/aromatic N) is 3. The zero-order valence-electron chi connectivity index (χ0n) is 12.6. The normalized spacial score (nSPS) is 17.9. The Labute approximate surface area is 120 Å². The van der Waals surface area contributed by atoms with E-state index >= 15 is 0 Å². The van der Waals surface area contributed by atoms with Crippen molar-refractivity contribution in [2.45, 2.75) is 39.2 Å². The maximum absolute atomic E-state index is 12.2. The average molecular weight is 279 g/mol. The minimum Gasteiger partial charge on any atom is -0.395 e. The molecule has 1 aliphatic heterocycles. The average Bonchev–Trinajstić information content (AvgIpc) is 2.70. The van der Waals surface area contributed by atoms with Gasteiger partial charge in [0.2, 0.25) is 0 Å². The Bertz CT molecular complexity index is 476. The number of nitrogen functional groups attached to an aromatic ring is 1. The van der Waals surface area contributed by atoms with Gasteiger partial charge in [-0.3, -0.25) is 14.4 Å². The summed E-state index contributed by atoms with van der Waals surface area (Å²) < 4.78 is 1.55. The van der Waals surface area contributed by atoms with Crippen LogP contribution in [0.1, 0.15) is 42.4 Å². The molecule has 0 aromatic carbocycles. The van der Waals surface area contributed by atoms with Crippen LogP contribution in [0.2, 0.25) is 0 Å². The Hall–Kier alpha value is -1.56. The van der Waals surface area contributed by atoms with E-state index in [4.69, 9.17) is 5.73 Å². The van der Waals surface area contributed by atoms with Crippen molar-refractivity contribution in [2.24, 2.45) is 7.05 Å².